The number of methoxy groups -OCH3 is 1. The highest BCUT2D eigenvalue weighted by molar-refractivity contribution is 6.06. The Bertz CT molecular complexity index is 1070. The summed E-state index contributed by atoms with van der Waals surface area (Å²) in [5, 5.41) is 10.9. The Morgan fingerprint density at radius 3 is 3.03 bits per heavy atom. The molecule has 3 aromatic rings. The molecule has 0 fully saturated rings. The highest BCUT2D eigenvalue weighted by Crippen LogP contribution is 2.29. The second-order valence-corrected chi connectivity index (χ2v) is 6.89. The average Bonchev–Trinajstić information content (AvgIpc) is 3.23. The van der Waals surface area contributed by atoms with Crippen molar-refractivity contribution in [2.45, 2.75) is 19.4 Å². The number of carbonyl (C=O) groups is 1. The van der Waals surface area contributed by atoms with E-state index in [9.17, 15) is 9.18 Å². The highest BCUT2D eigenvalue weighted by atomic mass is 19.1. The molecule has 1 amide bonds. The Morgan fingerprint density at radius 2 is 2.16 bits per heavy atom. The fraction of sp³-hybridized carbons (Fsp3) is 0.333. The van der Waals surface area contributed by atoms with E-state index in [2.05, 4.69) is 20.5 Å². The predicted molar refractivity (Wildman–Crippen MR) is 110 cm³/mol. The molecule has 4 rings (SSSR count). The molecule has 3 heterocycles. The van der Waals surface area contributed by atoms with Gasteiger partial charge >= 0.3 is 0 Å². The maximum atomic E-state index is 14.5. The molecule has 9 nitrogen and oxygen atoms in total. The Labute approximate surface area is 178 Å². The van der Waals surface area contributed by atoms with Crippen molar-refractivity contribution in [2.24, 2.45) is 0 Å². The molecule has 31 heavy (non-hydrogen) atoms. The zero-order chi connectivity index (χ0) is 21.6. The number of aromatic nitrogens is 4. The van der Waals surface area contributed by atoms with E-state index >= 15 is 0 Å². The molecule has 0 atom stereocenters. The van der Waals surface area contributed by atoms with Crippen LogP contribution in [0.25, 0.3) is 11.5 Å². The number of aryl methyl sites for hydroxylation is 1. The summed E-state index contributed by atoms with van der Waals surface area (Å²) in [7, 11) is 1.52. The Morgan fingerprint density at radius 1 is 1.26 bits per heavy atom. The lowest BCUT2D eigenvalue weighted by atomic mass is 10.1. The molecule has 162 valence electrons. The van der Waals surface area contributed by atoms with Crippen molar-refractivity contribution in [3.63, 3.8) is 0 Å². The van der Waals surface area contributed by atoms with Gasteiger partial charge in [-0.2, -0.15) is 0 Å². The normalized spacial score (nSPS) is 13.9. The van der Waals surface area contributed by atoms with Gasteiger partial charge in [0.05, 0.1) is 18.8 Å². The van der Waals surface area contributed by atoms with Crippen molar-refractivity contribution in [1.82, 2.24) is 19.7 Å². The largest absolute Gasteiger partial charge is 0.493 e. The van der Waals surface area contributed by atoms with Crippen LogP contribution in [0, 0.1) is 5.82 Å². The van der Waals surface area contributed by atoms with Crippen molar-refractivity contribution >= 4 is 11.7 Å². The van der Waals surface area contributed by atoms with Gasteiger partial charge in [0, 0.05) is 19.7 Å². The summed E-state index contributed by atoms with van der Waals surface area (Å²) in [6, 6.07) is 7.74. The van der Waals surface area contributed by atoms with Crippen LogP contribution in [0.1, 0.15) is 23.2 Å². The van der Waals surface area contributed by atoms with Gasteiger partial charge in [0.25, 0.3) is 5.91 Å². The molecule has 0 aliphatic carbocycles. The van der Waals surface area contributed by atoms with Crippen LogP contribution in [0.15, 0.2) is 36.7 Å². The summed E-state index contributed by atoms with van der Waals surface area (Å²) in [4.78, 5) is 17.5. The van der Waals surface area contributed by atoms with Gasteiger partial charge in [-0.3, -0.25) is 4.79 Å². The SMILES string of the molecule is COCCOc1cc2c(cc1F)OCCCCn1cnnc1-c1cccc(n1)NC2=O. The molecule has 0 unspecified atom stereocenters. The van der Waals surface area contributed by atoms with E-state index in [-0.39, 0.29) is 23.7 Å². The van der Waals surface area contributed by atoms with Crippen LogP contribution in [-0.4, -0.2) is 52.6 Å². The van der Waals surface area contributed by atoms with Crippen LogP contribution in [0.4, 0.5) is 10.2 Å². The summed E-state index contributed by atoms with van der Waals surface area (Å²) in [6.45, 7) is 1.45. The zero-order valence-corrected chi connectivity index (χ0v) is 17.0. The third kappa shape index (κ3) is 4.80. The van der Waals surface area contributed by atoms with Crippen LogP contribution in [0.2, 0.25) is 0 Å². The molecule has 1 aromatic carbocycles. The minimum absolute atomic E-state index is 0.0505. The van der Waals surface area contributed by atoms with Gasteiger partial charge < -0.3 is 24.1 Å². The Balaban J connectivity index is 1.68. The van der Waals surface area contributed by atoms with Gasteiger partial charge in [-0.05, 0) is 31.0 Å². The fourth-order valence-corrected chi connectivity index (χ4v) is 3.17. The number of hydrogen-bond donors (Lipinski definition) is 1. The molecule has 0 saturated carbocycles. The smallest absolute Gasteiger partial charge is 0.260 e. The number of hydrogen-bond acceptors (Lipinski definition) is 7. The minimum Gasteiger partial charge on any atom is -0.493 e. The maximum Gasteiger partial charge on any atom is 0.260 e. The molecule has 0 spiro atoms. The first-order valence-corrected chi connectivity index (χ1v) is 9.90. The summed E-state index contributed by atoms with van der Waals surface area (Å²) in [5.41, 5.74) is 0.743. The number of fused-ring (bicyclic) bond motifs is 5. The molecular formula is C21H22FN5O4. The summed E-state index contributed by atoms with van der Waals surface area (Å²) in [5.74, 6) is -0.0674. The Kier molecular flexibility index (Phi) is 6.37. The van der Waals surface area contributed by atoms with Crippen molar-refractivity contribution in [1.29, 1.82) is 0 Å². The van der Waals surface area contributed by atoms with Gasteiger partial charge in [0.2, 0.25) is 0 Å². The van der Waals surface area contributed by atoms with Gasteiger partial charge in [-0.1, -0.05) is 6.07 Å². The average molecular weight is 427 g/mol. The number of pyridine rings is 1. The van der Waals surface area contributed by atoms with Gasteiger partial charge in [-0.25, -0.2) is 9.37 Å². The van der Waals surface area contributed by atoms with E-state index in [1.54, 1.807) is 24.5 Å². The number of nitrogens with one attached hydrogen (secondary N) is 1. The van der Waals surface area contributed by atoms with Crippen LogP contribution in [0.5, 0.6) is 11.5 Å². The van der Waals surface area contributed by atoms with Gasteiger partial charge in [-0.15, -0.1) is 10.2 Å². The first kappa shape index (κ1) is 20.7. The minimum atomic E-state index is -0.613. The van der Waals surface area contributed by atoms with Crippen LogP contribution in [0.3, 0.4) is 0 Å². The summed E-state index contributed by atoms with van der Waals surface area (Å²) >= 11 is 0. The number of halogens is 1. The number of anilines is 1. The van der Waals surface area contributed by atoms with E-state index < -0.39 is 11.7 Å². The van der Waals surface area contributed by atoms with Crippen LogP contribution < -0.4 is 14.8 Å². The zero-order valence-electron chi connectivity index (χ0n) is 17.0. The van der Waals surface area contributed by atoms with E-state index in [1.807, 2.05) is 4.57 Å². The molecule has 10 heteroatoms. The molecule has 2 aromatic heterocycles. The molecular weight excluding hydrogens is 405 g/mol. The second kappa shape index (κ2) is 9.52. The Hall–Kier alpha value is -3.53. The third-order valence-corrected chi connectivity index (χ3v) is 4.71. The quantitative estimate of drug-likeness (QED) is 0.639. The van der Waals surface area contributed by atoms with Gasteiger partial charge in [0.1, 0.15) is 30.2 Å². The fourth-order valence-electron chi connectivity index (χ4n) is 3.17. The number of amides is 1. The predicted octanol–water partition coefficient (Wildman–Crippen LogP) is 2.93. The second-order valence-electron chi connectivity index (χ2n) is 6.89. The monoisotopic (exact) mass is 427 g/mol. The van der Waals surface area contributed by atoms with E-state index in [1.165, 1.54) is 19.2 Å². The van der Waals surface area contributed by atoms with Crippen molar-refractivity contribution in [3.05, 3.63) is 48.0 Å². The molecule has 0 saturated heterocycles. The van der Waals surface area contributed by atoms with Crippen molar-refractivity contribution < 1.29 is 23.4 Å². The van der Waals surface area contributed by atoms with E-state index in [4.69, 9.17) is 14.2 Å². The summed E-state index contributed by atoms with van der Waals surface area (Å²) < 4.78 is 32.5. The molecule has 1 aliphatic rings. The lowest BCUT2D eigenvalue weighted by Crippen LogP contribution is -2.17. The van der Waals surface area contributed by atoms with Crippen LogP contribution >= 0.6 is 0 Å². The standard InChI is InChI=1S/C21H22FN5O4/c1-29-9-10-31-18-11-14-17(12-15(18)22)30-8-3-2-7-27-13-23-26-20(27)16-5-4-6-19(24-16)25-21(14)28/h4-6,11-13H,2-3,7-10H2,1H3,(H,24,25,28). The topological polar surface area (TPSA) is 100 Å². The summed E-state index contributed by atoms with van der Waals surface area (Å²) in [6.07, 6.45) is 3.12. The number of ether oxygens (including phenoxy) is 3. The molecule has 2 bridgehead atoms. The number of carbonyl (C=O) groups excluding carboxylic acids is 1. The van der Waals surface area contributed by atoms with Crippen LogP contribution in [-0.2, 0) is 11.3 Å². The molecule has 1 N–H and O–H groups in total. The highest BCUT2D eigenvalue weighted by Gasteiger charge is 2.20. The number of nitrogens with zero attached hydrogens (tertiary/aromatic N) is 4. The third-order valence-electron chi connectivity index (χ3n) is 4.71. The van der Waals surface area contributed by atoms with E-state index in [0.29, 0.717) is 43.5 Å². The molecule has 0 radical (unpaired) electrons. The lowest BCUT2D eigenvalue weighted by molar-refractivity contribution is 0.102. The van der Waals surface area contributed by atoms with Crippen molar-refractivity contribution in [2.75, 3.05) is 32.2 Å². The number of benzene rings is 1. The number of rotatable bonds is 4. The maximum absolute atomic E-state index is 14.5. The first-order valence-electron chi connectivity index (χ1n) is 9.90. The van der Waals surface area contributed by atoms with E-state index in [0.717, 1.165) is 6.42 Å². The lowest BCUT2D eigenvalue weighted by Gasteiger charge is -2.16. The first-order chi connectivity index (χ1) is 15.2. The molecule has 1 aliphatic heterocycles. The van der Waals surface area contributed by atoms with Crippen molar-refractivity contribution in [3.8, 4) is 23.0 Å². The van der Waals surface area contributed by atoms with Gasteiger partial charge in [0.15, 0.2) is 17.4 Å².